The van der Waals surface area contributed by atoms with Gasteiger partial charge in [-0.2, -0.15) is 0 Å². The third kappa shape index (κ3) is 3.41. The molecule has 0 radical (unpaired) electrons. The molecule has 0 nitrogen and oxygen atoms in total. The fourth-order valence-electron chi connectivity index (χ4n) is 0.148. The highest BCUT2D eigenvalue weighted by atomic mass is 19.1. The zero-order chi connectivity index (χ0) is 4.83. The van der Waals surface area contributed by atoms with Gasteiger partial charge in [0, 0.05) is 0 Å². The molecule has 0 bridgehead atoms. The molecule has 0 aromatic carbocycles. The molecule has 0 spiro atoms. The Morgan fingerprint density at radius 1 is 1.67 bits per heavy atom. The van der Waals surface area contributed by atoms with Crippen molar-refractivity contribution >= 4 is 0 Å². The fourth-order valence-corrected chi connectivity index (χ4v) is 0.148. The average molecular weight is 86.1 g/mol. The Morgan fingerprint density at radius 3 is 2.50 bits per heavy atom. The molecule has 0 aliphatic rings. The molecule has 0 aromatic rings. The molecule has 0 atom stereocenters. The monoisotopic (exact) mass is 86.1 g/mol. The SMILES string of the molecule is C=CC=CCF. The molecule has 34 valence electrons. The van der Waals surface area contributed by atoms with Crippen molar-refractivity contribution in [2.45, 2.75) is 0 Å². The number of hydrogen-bond donors (Lipinski definition) is 0. The Labute approximate surface area is 37.0 Å². The molecule has 1 heteroatoms. The second-order valence-corrected chi connectivity index (χ2v) is 0.818. The van der Waals surface area contributed by atoms with Gasteiger partial charge in [-0.05, 0) is 0 Å². The van der Waals surface area contributed by atoms with Crippen LogP contribution in [-0.2, 0) is 0 Å². The van der Waals surface area contributed by atoms with Gasteiger partial charge in [0.15, 0.2) is 0 Å². The van der Waals surface area contributed by atoms with Crippen LogP contribution in [0.15, 0.2) is 24.8 Å². The lowest BCUT2D eigenvalue weighted by atomic mass is 10.5. The van der Waals surface area contributed by atoms with Crippen molar-refractivity contribution in [2.75, 3.05) is 6.67 Å². The van der Waals surface area contributed by atoms with E-state index in [-0.39, 0.29) is 0 Å². The van der Waals surface area contributed by atoms with E-state index in [1.54, 1.807) is 12.2 Å². The molecule has 0 aromatic heterocycles. The van der Waals surface area contributed by atoms with E-state index in [1.807, 2.05) is 0 Å². The minimum atomic E-state index is -0.397. The quantitative estimate of drug-likeness (QED) is 0.449. The van der Waals surface area contributed by atoms with Gasteiger partial charge in [0.2, 0.25) is 0 Å². The number of hydrogen-bond acceptors (Lipinski definition) is 0. The molecule has 0 rings (SSSR count). The molecule has 0 N–H and O–H groups in total. The van der Waals surface area contributed by atoms with E-state index in [0.717, 1.165) is 0 Å². The zero-order valence-electron chi connectivity index (χ0n) is 3.52. The van der Waals surface area contributed by atoms with Crippen LogP contribution in [0.4, 0.5) is 4.39 Å². The summed E-state index contributed by atoms with van der Waals surface area (Å²) in [5, 5.41) is 0. The number of alkyl halides is 1. The van der Waals surface area contributed by atoms with Crippen molar-refractivity contribution in [2.24, 2.45) is 0 Å². The molecule has 0 saturated heterocycles. The first kappa shape index (κ1) is 5.41. The molecular weight excluding hydrogens is 79.1 g/mol. The van der Waals surface area contributed by atoms with Crippen LogP contribution in [0.2, 0.25) is 0 Å². The van der Waals surface area contributed by atoms with Crippen LogP contribution < -0.4 is 0 Å². The first-order valence-corrected chi connectivity index (χ1v) is 1.75. The lowest BCUT2D eigenvalue weighted by Gasteiger charge is -1.65. The van der Waals surface area contributed by atoms with E-state index in [1.165, 1.54) is 6.08 Å². The number of rotatable bonds is 2. The van der Waals surface area contributed by atoms with Gasteiger partial charge >= 0.3 is 0 Å². The Kier molecular flexibility index (Phi) is 3.98. The Bertz CT molecular complexity index is 55.0. The summed E-state index contributed by atoms with van der Waals surface area (Å²) >= 11 is 0. The van der Waals surface area contributed by atoms with Crippen LogP contribution in [0.3, 0.4) is 0 Å². The third-order valence-corrected chi connectivity index (χ3v) is 0.361. The molecule has 0 amide bonds. The van der Waals surface area contributed by atoms with Gasteiger partial charge in [-0.1, -0.05) is 24.8 Å². The summed E-state index contributed by atoms with van der Waals surface area (Å²) in [6.07, 6.45) is 4.51. The maximum Gasteiger partial charge on any atom is 0.108 e. The molecule has 0 saturated carbocycles. The van der Waals surface area contributed by atoms with Gasteiger partial charge in [0.1, 0.15) is 6.67 Å². The van der Waals surface area contributed by atoms with Crippen LogP contribution in [0.5, 0.6) is 0 Å². The average Bonchev–Trinajstić information content (AvgIpc) is 1.61. The molecule has 0 fully saturated rings. The predicted octanol–water partition coefficient (Wildman–Crippen LogP) is 1.70. The molecule has 0 heterocycles. The Balaban J connectivity index is 2.94. The van der Waals surface area contributed by atoms with Crippen molar-refractivity contribution in [1.29, 1.82) is 0 Å². The minimum Gasteiger partial charge on any atom is -0.247 e. The minimum absolute atomic E-state index is 0.397. The third-order valence-electron chi connectivity index (χ3n) is 0.361. The van der Waals surface area contributed by atoms with Gasteiger partial charge in [0.05, 0.1) is 0 Å². The van der Waals surface area contributed by atoms with Crippen LogP contribution >= 0.6 is 0 Å². The van der Waals surface area contributed by atoms with Gasteiger partial charge in [-0.15, -0.1) is 0 Å². The summed E-state index contributed by atoms with van der Waals surface area (Å²) in [4.78, 5) is 0. The van der Waals surface area contributed by atoms with E-state index in [0.29, 0.717) is 0 Å². The molecule has 0 aliphatic carbocycles. The van der Waals surface area contributed by atoms with E-state index in [2.05, 4.69) is 6.58 Å². The summed E-state index contributed by atoms with van der Waals surface area (Å²) in [7, 11) is 0. The topological polar surface area (TPSA) is 0 Å². The summed E-state index contributed by atoms with van der Waals surface area (Å²) in [6, 6.07) is 0. The molecule has 6 heavy (non-hydrogen) atoms. The summed E-state index contributed by atoms with van der Waals surface area (Å²) in [5.41, 5.74) is 0. The maximum absolute atomic E-state index is 11.0. The summed E-state index contributed by atoms with van der Waals surface area (Å²) in [5.74, 6) is 0. The van der Waals surface area contributed by atoms with Crippen LogP contribution in [0.25, 0.3) is 0 Å². The van der Waals surface area contributed by atoms with Crippen LogP contribution in [-0.4, -0.2) is 6.67 Å². The van der Waals surface area contributed by atoms with Gasteiger partial charge in [0.25, 0.3) is 0 Å². The number of halogens is 1. The predicted molar refractivity (Wildman–Crippen MR) is 25.3 cm³/mol. The van der Waals surface area contributed by atoms with Crippen molar-refractivity contribution in [3.8, 4) is 0 Å². The second kappa shape index (κ2) is 4.41. The molecule has 0 unspecified atom stereocenters. The van der Waals surface area contributed by atoms with Crippen molar-refractivity contribution in [3.05, 3.63) is 24.8 Å². The normalized spacial score (nSPS) is 9.50. The fraction of sp³-hybridized carbons (Fsp3) is 0.200. The lowest BCUT2D eigenvalue weighted by Crippen LogP contribution is -1.55. The zero-order valence-corrected chi connectivity index (χ0v) is 3.52. The van der Waals surface area contributed by atoms with Crippen LogP contribution in [0.1, 0.15) is 0 Å². The smallest absolute Gasteiger partial charge is 0.108 e. The van der Waals surface area contributed by atoms with Gasteiger partial charge < -0.3 is 0 Å². The van der Waals surface area contributed by atoms with E-state index >= 15 is 0 Å². The van der Waals surface area contributed by atoms with Gasteiger partial charge in [-0.3, -0.25) is 0 Å². The van der Waals surface area contributed by atoms with Crippen molar-refractivity contribution < 1.29 is 4.39 Å². The second-order valence-electron chi connectivity index (χ2n) is 0.818. The van der Waals surface area contributed by atoms with E-state index < -0.39 is 6.67 Å². The molecule has 0 aliphatic heterocycles. The summed E-state index contributed by atoms with van der Waals surface area (Å²) < 4.78 is 11.0. The lowest BCUT2D eigenvalue weighted by molar-refractivity contribution is 0.562. The van der Waals surface area contributed by atoms with E-state index in [4.69, 9.17) is 0 Å². The van der Waals surface area contributed by atoms with Crippen molar-refractivity contribution in [1.82, 2.24) is 0 Å². The Hall–Kier alpha value is -0.590. The highest BCUT2D eigenvalue weighted by Crippen LogP contribution is 1.71. The highest BCUT2D eigenvalue weighted by molar-refractivity contribution is 4.96. The summed E-state index contributed by atoms with van der Waals surface area (Å²) in [6.45, 7) is 2.95. The molecular formula is C5H7F. The Morgan fingerprint density at radius 2 is 2.33 bits per heavy atom. The first-order valence-electron chi connectivity index (χ1n) is 1.75. The number of allylic oxidation sites excluding steroid dienone is 3. The van der Waals surface area contributed by atoms with Gasteiger partial charge in [-0.25, -0.2) is 4.39 Å². The first-order chi connectivity index (χ1) is 2.91. The standard InChI is InChI=1S/C5H7F/c1-2-3-4-5-6/h2-4H,1,5H2. The van der Waals surface area contributed by atoms with Crippen LogP contribution in [0, 0.1) is 0 Å². The maximum atomic E-state index is 11.0. The van der Waals surface area contributed by atoms with Crippen molar-refractivity contribution in [3.63, 3.8) is 0 Å². The largest absolute Gasteiger partial charge is 0.247 e. The van der Waals surface area contributed by atoms with E-state index in [9.17, 15) is 4.39 Å². The highest BCUT2D eigenvalue weighted by Gasteiger charge is 1.58.